The number of benzene rings is 1. The highest BCUT2D eigenvalue weighted by atomic mass is 16.5. The third kappa shape index (κ3) is 3.04. The molecule has 0 aliphatic rings. The van der Waals surface area contributed by atoms with Crippen LogP contribution in [0.4, 0.5) is 0 Å². The monoisotopic (exact) mass is 228 g/mol. The summed E-state index contributed by atoms with van der Waals surface area (Å²) in [5.74, 6) is 0.769. The van der Waals surface area contributed by atoms with E-state index in [4.69, 9.17) is 10.5 Å². The molecule has 0 unspecified atom stereocenters. The molecule has 0 saturated carbocycles. The first-order chi connectivity index (χ1) is 8.29. The zero-order valence-corrected chi connectivity index (χ0v) is 9.89. The van der Waals surface area contributed by atoms with Gasteiger partial charge < -0.3 is 10.5 Å². The Bertz CT molecular complexity index is 480. The first-order valence-corrected chi connectivity index (χ1v) is 5.62. The molecule has 0 spiro atoms. The Kier molecular flexibility index (Phi) is 3.73. The number of hydrogen-bond donors (Lipinski definition) is 1. The molecule has 0 radical (unpaired) electrons. The smallest absolute Gasteiger partial charge is 0.138 e. The van der Waals surface area contributed by atoms with E-state index in [9.17, 15) is 0 Å². The summed E-state index contributed by atoms with van der Waals surface area (Å²) in [5.41, 5.74) is 8.78. The van der Waals surface area contributed by atoms with Crippen molar-refractivity contribution in [3.63, 3.8) is 0 Å². The van der Waals surface area contributed by atoms with Crippen molar-refractivity contribution in [2.75, 3.05) is 0 Å². The van der Waals surface area contributed by atoms with Gasteiger partial charge in [0.25, 0.3) is 0 Å². The lowest BCUT2D eigenvalue weighted by Crippen LogP contribution is -2.01. The average Bonchev–Trinajstić information content (AvgIpc) is 2.38. The third-order valence-electron chi connectivity index (χ3n) is 2.66. The molecule has 1 heterocycles. The van der Waals surface area contributed by atoms with Gasteiger partial charge in [0.1, 0.15) is 12.4 Å². The number of aromatic nitrogens is 1. The fraction of sp³-hybridized carbons (Fsp3) is 0.214. The Morgan fingerprint density at radius 3 is 2.65 bits per heavy atom. The van der Waals surface area contributed by atoms with Crippen molar-refractivity contribution in [2.45, 2.75) is 20.1 Å². The number of ether oxygens (including phenoxy) is 1. The second kappa shape index (κ2) is 5.46. The van der Waals surface area contributed by atoms with Crippen LogP contribution in [0.5, 0.6) is 5.75 Å². The Hall–Kier alpha value is -1.87. The minimum Gasteiger partial charge on any atom is -0.487 e. The third-order valence-corrected chi connectivity index (χ3v) is 2.66. The predicted octanol–water partition coefficient (Wildman–Crippen LogP) is 2.43. The van der Waals surface area contributed by atoms with Crippen LogP contribution < -0.4 is 10.5 Å². The number of hydrogen-bond acceptors (Lipinski definition) is 3. The van der Waals surface area contributed by atoms with Crippen molar-refractivity contribution in [1.82, 2.24) is 4.98 Å². The summed E-state index contributed by atoms with van der Waals surface area (Å²) >= 11 is 0. The van der Waals surface area contributed by atoms with E-state index in [0.29, 0.717) is 13.2 Å². The highest BCUT2D eigenvalue weighted by molar-refractivity contribution is 5.26. The summed E-state index contributed by atoms with van der Waals surface area (Å²) in [5, 5.41) is 0. The number of rotatable bonds is 4. The highest BCUT2D eigenvalue weighted by Gasteiger charge is 1.99. The molecule has 0 amide bonds. The molecule has 0 aliphatic heterocycles. The van der Waals surface area contributed by atoms with E-state index in [1.165, 1.54) is 11.1 Å². The largest absolute Gasteiger partial charge is 0.487 e. The Labute approximate surface area is 101 Å². The minimum absolute atomic E-state index is 0.456. The summed E-state index contributed by atoms with van der Waals surface area (Å²) < 4.78 is 5.67. The van der Waals surface area contributed by atoms with Gasteiger partial charge in [-0.1, -0.05) is 24.3 Å². The second-order valence-corrected chi connectivity index (χ2v) is 3.90. The summed E-state index contributed by atoms with van der Waals surface area (Å²) in [6.07, 6.45) is 1.71. The van der Waals surface area contributed by atoms with Crippen LogP contribution in [-0.2, 0) is 13.2 Å². The summed E-state index contributed by atoms with van der Waals surface area (Å²) in [6, 6.07) is 12.0. The van der Waals surface area contributed by atoms with Crippen molar-refractivity contribution >= 4 is 0 Å². The van der Waals surface area contributed by atoms with Gasteiger partial charge in [0.15, 0.2) is 0 Å². The van der Waals surface area contributed by atoms with E-state index in [1.54, 1.807) is 6.20 Å². The molecule has 3 nitrogen and oxygen atoms in total. The minimum atomic E-state index is 0.456. The molecule has 88 valence electrons. The summed E-state index contributed by atoms with van der Waals surface area (Å²) in [4.78, 5) is 4.18. The maximum absolute atomic E-state index is 5.67. The topological polar surface area (TPSA) is 48.1 Å². The zero-order chi connectivity index (χ0) is 12.1. The second-order valence-electron chi connectivity index (χ2n) is 3.90. The van der Waals surface area contributed by atoms with Gasteiger partial charge in [-0.05, 0) is 30.2 Å². The van der Waals surface area contributed by atoms with Crippen molar-refractivity contribution < 1.29 is 4.74 Å². The van der Waals surface area contributed by atoms with Gasteiger partial charge in [-0.3, -0.25) is 4.98 Å². The van der Waals surface area contributed by atoms with Crippen molar-refractivity contribution in [3.05, 3.63) is 59.4 Å². The number of nitrogens with zero attached hydrogens (tertiary/aromatic N) is 1. The van der Waals surface area contributed by atoms with Crippen LogP contribution in [0.2, 0.25) is 0 Å². The highest BCUT2D eigenvalue weighted by Crippen LogP contribution is 2.13. The molecular formula is C14H16N2O. The molecule has 0 fully saturated rings. The normalized spacial score (nSPS) is 10.2. The van der Waals surface area contributed by atoms with Gasteiger partial charge in [-0.15, -0.1) is 0 Å². The maximum atomic E-state index is 5.67. The molecule has 1 aromatic carbocycles. The van der Waals surface area contributed by atoms with E-state index in [0.717, 1.165) is 11.4 Å². The molecule has 2 rings (SSSR count). The van der Waals surface area contributed by atoms with Crippen LogP contribution >= 0.6 is 0 Å². The molecule has 0 bridgehead atoms. The fourth-order valence-corrected chi connectivity index (χ4v) is 1.55. The van der Waals surface area contributed by atoms with E-state index in [1.807, 2.05) is 24.3 Å². The molecule has 2 aromatic rings. The molecule has 2 N–H and O–H groups in total. The first-order valence-electron chi connectivity index (χ1n) is 5.62. The molecule has 0 aliphatic carbocycles. The van der Waals surface area contributed by atoms with Gasteiger partial charge in [0.05, 0.1) is 11.9 Å². The van der Waals surface area contributed by atoms with E-state index < -0.39 is 0 Å². The Balaban J connectivity index is 2.00. The quantitative estimate of drug-likeness (QED) is 0.874. The number of aryl methyl sites for hydroxylation is 1. The van der Waals surface area contributed by atoms with Crippen LogP contribution in [0.3, 0.4) is 0 Å². The summed E-state index contributed by atoms with van der Waals surface area (Å²) in [7, 11) is 0. The van der Waals surface area contributed by atoms with Crippen LogP contribution in [0.25, 0.3) is 0 Å². The molecular weight excluding hydrogens is 212 g/mol. The van der Waals surface area contributed by atoms with Crippen molar-refractivity contribution in [1.29, 1.82) is 0 Å². The van der Waals surface area contributed by atoms with E-state index >= 15 is 0 Å². The molecule has 1 aromatic heterocycles. The summed E-state index contributed by atoms with van der Waals surface area (Å²) in [6.45, 7) is 3.10. The Morgan fingerprint density at radius 2 is 2.00 bits per heavy atom. The first kappa shape index (κ1) is 11.6. The number of pyridine rings is 1. The van der Waals surface area contributed by atoms with Crippen LogP contribution in [0.15, 0.2) is 42.6 Å². The maximum Gasteiger partial charge on any atom is 0.138 e. The van der Waals surface area contributed by atoms with Crippen molar-refractivity contribution in [2.24, 2.45) is 5.73 Å². The van der Waals surface area contributed by atoms with E-state index in [2.05, 4.69) is 24.0 Å². The zero-order valence-electron chi connectivity index (χ0n) is 9.89. The van der Waals surface area contributed by atoms with Crippen LogP contribution in [0.1, 0.15) is 16.8 Å². The SMILES string of the molecule is Cc1ccccc1COc1ccc(CN)nc1. The number of nitrogens with two attached hydrogens (primary N) is 1. The fourth-order valence-electron chi connectivity index (χ4n) is 1.55. The molecule has 0 saturated heterocycles. The Morgan fingerprint density at radius 1 is 1.18 bits per heavy atom. The standard InChI is InChI=1S/C14H16N2O/c1-11-4-2-3-5-12(11)10-17-14-7-6-13(8-15)16-9-14/h2-7,9H,8,10,15H2,1H3. The van der Waals surface area contributed by atoms with Crippen molar-refractivity contribution in [3.8, 4) is 5.75 Å². The molecule has 17 heavy (non-hydrogen) atoms. The lowest BCUT2D eigenvalue weighted by atomic mass is 10.1. The van der Waals surface area contributed by atoms with Gasteiger partial charge in [-0.2, -0.15) is 0 Å². The molecule has 0 atom stereocenters. The van der Waals surface area contributed by atoms with Crippen LogP contribution in [0, 0.1) is 6.92 Å². The van der Waals surface area contributed by atoms with Gasteiger partial charge >= 0.3 is 0 Å². The predicted molar refractivity (Wildman–Crippen MR) is 67.6 cm³/mol. The van der Waals surface area contributed by atoms with Gasteiger partial charge in [0.2, 0.25) is 0 Å². The van der Waals surface area contributed by atoms with Gasteiger partial charge in [0, 0.05) is 6.54 Å². The van der Waals surface area contributed by atoms with Gasteiger partial charge in [-0.25, -0.2) is 0 Å². The van der Waals surface area contributed by atoms with E-state index in [-0.39, 0.29) is 0 Å². The molecule has 3 heteroatoms. The average molecular weight is 228 g/mol. The van der Waals surface area contributed by atoms with Crippen LogP contribution in [-0.4, -0.2) is 4.98 Å². The lowest BCUT2D eigenvalue weighted by molar-refractivity contribution is 0.304. The lowest BCUT2D eigenvalue weighted by Gasteiger charge is -2.08.